The number of aliphatic hydroxyl groups is 1. The Hall–Kier alpha value is -1.08. The summed E-state index contributed by atoms with van der Waals surface area (Å²) in [5, 5.41) is 10.5. The molecule has 1 N–H and O–H groups in total. The van der Waals surface area contributed by atoms with Crippen molar-refractivity contribution in [2.24, 2.45) is 0 Å². The van der Waals surface area contributed by atoms with Crippen LogP contribution in [0.3, 0.4) is 0 Å². The molecule has 0 saturated heterocycles. The SMILES string of the molecule is C=CCCCCCC(O)C1CCCc2ccccc21. The van der Waals surface area contributed by atoms with Gasteiger partial charge in [0.2, 0.25) is 0 Å². The predicted octanol–water partition coefficient (Wildman–Crippen LogP) is 4.60. The molecule has 1 aliphatic rings. The first-order valence-electron chi connectivity index (χ1n) is 7.69. The van der Waals surface area contributed by atoms with Crippen LogP contribution in [0.15, 0.2) is 36.9 Å². The number of unbranched alkanes of at least 4 members (excludes halogenated alkanes) is 3. The average Bonchev–Trinajstić information content (AvgIpc) is 2.46. The minimum absolute atomic E-state index is 0.162. The van der Waals surface area contributed by atoms with Crippen molar-refractivity contribution < 1.29 is 5.11 Å². The summed E-state index contributed by atoms with van der Waals surface area (Å²) < 4.78 is 0. The van der Waals surface area contributed by atoms with Crippen LogP contribution in [-0.2, 0) is 6.42 Å². The van der Waals surface area contributed by atoms with E-state index in [1.54, 1.807) is 0 Å². The highest BCUT2D eigenvalue weighted by Crippen LogP contribution is 2.35. The summed E-state index contributed by atoms with van der Waals surface area (Å²) >= 11 is 0. The van der Waals surface area contributed by atoms with Gasteiger partial charge in [-0.25, -0.2) is 0 Å². The van der Waals surface area contributed by atoms with Gasteiger partial charge in [0, 0.05) is 5.92 Å². The van der Waals surface area contributed by atoms with E-state index in [0.29, 0.717) is 5.92 Å². The number of benzene rings is 1. The van der Waals surface area contributed by atoms with Crippen molar-refractivity contribution in [3.63, 3.8) is 0 Å². The normalized spacial score (nSPS) is 19.7. The van der Waals surface area contributed by atoms with Gasteiger partial charge in [-0.05, 0) is 49.7 Å². The van der Waals surface area contributed by atoms with Gasteiger partial charge in [0.05, 0.1) is 6.10 Å². The van der Waals surface area contributed by atoms with Gasteiger partial charge in [-0.3, -0.25) is 0 Å². The lowest BCUT2D eigenvalue weighted by Crippen LogP contribution is -2.22. The topological polar surface area (TPSA) is 20.2 Å². The highest BCUT2D eigenvalue weighted by Gasteiger charge is 2.25. The molecule has 0 fully saturated rings. The molecule has 0 aromatic heterocycles. The zero-order valence-electron chi connectivity index (χ0n) is 11.9. The van der Waals surface area contributed by atoms with Crippen LogP contribution in [0.5, 0.6) is 0 Å². The summed E-state index contributed by atoms with van der Waals surface area (Å²) in [5.74, 6) is 0.365. The minimum Gasteiger partial charge on any atom is -0.392 e. The molecule has 2 unspecified atom stereocenters. The third-order valence-corrected chi connectivity index (χ3v) is 4.29. The molecule has 1 aromatic rings. The van der Waals surface area contributed by atoms with Crippen molar-refractivity contribution in [3.8, 4) is 0 Å². The largest absolute Gasteiger partial charge is 0.392 e. The summed E-state index contributed by atoms with van der Waals surface area (Å²) in [6.07, 6.45) is 10.9. The van der Waals surface area contributed by atoms with Crippen molar-refractivity contribution >= 4 is 0 Å². The van der Waals surface area contributed by atoms with Gasteiger partial charge < -0.3 is 5.11 Å². The third kappa shape index (κ3) is 3.94. The van der Waals surface area contributed by atoms with Gasteiger partial charge in [0.15, 0.2) is 0 Å². The zero-order valence-corrected chi connectivity index (χ0v) is 11.9. The summed E-state index contributed by atoms with van der Waals surface area (Å²) in [7, 11) is 0. The smallest absolute Gasteiger partial charge is 0.0608 e. The fourth-order valence-corrected chi connectivity index (χ4v) is 3.21. The van der Waals surface area contributed by atoms with Crippen molar-refractivity contribution in [2.45, 2.75) is 63.4 Å². The lowest BCUT2D eigenvalue weighted by Gasteiger charge is -2.29. The van der Waals surface area contributed by atoms with E-state index in [-0.39, 0.29) is 6.10 Å². The monoisotopic (exact) mass is 258 g/mol. The Balaban J connectivity index is 1.86. The average molecular weight is 258 g/mol. The molecule has 0 heterocycles. The Morgan fingerprint density at radius 1 is 1.26 bits per heavy atom. The third-order valence-electron chi connectivity index (χ3n) is 4.29. The molecule has 2 rings (SSSR count). The number of aryl methyl sites for hydroxylation is 1. The quantitative estimate of drug-likeness (QED) is 0.559. The fourth-order valence-electron chi connectivity index (χ4n) is 3.21. The molecule has 0 spiro atoms. The van der Waals surface area contributed by atoms with Crippen molar-refractivity contribution in [1.82, 2.24) is 0 Å². The van der Waals surface area contributed by atoms with E-state index >= 15 is 0 Å². The molecule has 1 heteroatoms. The van der Waals surface area contributed by atoms with Crippen LogP contribution < -0.4 is 0 Å². The Labute approximate surface area is 117 Å². The van der Waals surface area contributed by atoms with Crippen LogP contribution in [0, 0.1) is 0 Å². The van der Waals surface area contributed by atoms with Gasteiger partial charge in [0.25, 0.3) is 0 Å². The second-order valence-electron chi connectivity index (χ2n) is 5.69. The molecule has 0 saturated carbocycles. The second-order valence-corrected chi connectivity index (χ2v) is 5.69. The van der Waals surface area contributed by atoms with Crippen LogP contribution in [0.4, 0.5) is 0 Å². The summed E-state index contributed by atoms with van der Waals surface area (Å²) in [5.41, 5.74) is 2.84. The van der Waals surface area contributed by atoms with E-state index < -0.39 is 0 Å². The van der Waals surface area contributed by atoms with Crippen molar-refractivity contribution in [3.05, 3.63) is 48.0 Å². The molecule has 0 aliphatic heterocycles. The molecule has 1 aromatic carbocycles. The number of hydrogen-bond donors (Lipinski definition) is 1. The zero-order chi connectivity index (χ0) is 13.5. The molecule has 0 radical (unpaired) electrons. The van der Waals surface area contributed by atoms with Crippen LogP contribution in [0.25, 0.3) is 0 Å². The van der Waals surface area contributed by atoms with E-state index in [9.17, 15) is 5.11 Å². The Morgan fingerprint density at radius 3 is 2.95 bits per heavy atom. The fraction of sp³-hybridized carbons (Fsp3) is 0.556. The van der Waals surface area contributed by atoms with Crippen LogP contribution in [0.2, 0.25) is 0 Å². The number of allylic oxidation sites excluding steroid dienone is 1. The van der Waals surface area contributed by atoms with E-state index in [2.05, 4.69) is 30.8 Å². The highest BCUT2D eigenvalue weighted by molar-refractivity contribution is 5.33. The van der Waals surface area contributed by atoms with Gasteiger partial charge >= 0.3 is 0 Å². The van der Waals surface area contributed by atoms with Gasteiger partial charge in [-0.1, -0.05) is 43.2 Å². The first kappa shape index (κ1) is 14.3. The highest BCUT2D eigenvalue weighted by atomic mass is 16.3. The Kier molecular flexibility index (Phi) is 5.65. The van der Waals surface area contributed by atoms with Crippen molar-refractivity contribution in [2.75, 3.05) is 0 Å². The molecule has 1 nitrogen and oxygen atoms in total. The van der Waals surface area contributed by atoms with E-state index in [4.69, 9.17) is 0 Å². The summed E-state index contributed by atoms with van der Waals surface area (Å²) in [6, 6.07) is 8.65. The minimum atomic E-state index is -0.162. The molecule has 2 atom stereocenters. The molecule has 1 aliphatic carbocycles. The molecular formula is C18H26O. The molecule has 0 bridgehead atoms. The number of fused-ring (bicyclic) bond motifs is 1. The predicted molar refractivity (Wildman–Crippen MR) is 81.4 cm³/mol. The number of aliphatic hydroxyl groups excluding tert-OH is 1. The van der Waals surface area contributed by atoms with Gasteiger partial charge in [0.1, 0.15) is 0 Å². The van der Waals surface area contributed by atoms with E-state index in [1.807, 2.05) is 6.08 Å². The lowest BCUT2D eigenvalue weighted by molar-refractivity contribution is 0.122. The van der Waals surface area contributed by atoms with Gasteiger partial charge in [-0.15, -0.1) is 6.58 Å². The summed E-state index contributed by atoms with van der Waals surface area (Å²) in [4.78, 5) is 0. The van der Waals surface area contributed by atoms with Crippen molar-refractivity contribution in [1.29, 1.82) is 0 Å². The molecule has 0 amide bonds. The first-order valence-corrected chi connectivity index (χ1v) is 7.69. The van der Waals surface area contributed by atoms with E-state index in [1.165, 1.54) is 36.8 Å². The maximum absolute atomic E-state index is 10.5. The summed E-state index contributed by atoms with van der Waals surface area (Å²) in [6.45, 7) is 3.74. The first-order chi connectivity index (χ1) is 9.33. The number of rotatable bonds is 7. The maximum atomic E-state index is 10.5. The Bertz CT molecular complexity index is 396. The lowest BCUT2D eigenvalue weighted by atomic mass is 9.78. The standard InChI is InChI=1S/C18H26O/c1-2-3-4-5-6-14-18(19)17-13-9-11-15-10-7-8-12-16(15)17/h2,7-8,10,12,17-19H,1,3-6,9,11,13-14H2. The Morgan fingerprint density at radius 2 is 2.11 bits per heavy atom. The van der Waals surface area contributed by atoms with Crippen LogP contribution >= 0.6 is 0 Å². The number of hydrogen-bond acceptors (Lipinski definition) is 1. The van der Waals surface area contributed by atoms with Crippen LogP contribution in [0.1, 0.15) is 62.0 Å². The molecule has 104 valence electrons. The molecule has 19 heavy (non-hydrogen) atoms. The van der Waals surface area contributed by atoms with Gasteiger partial charge in [-0.2, -0.15) is 0 Å². The maximum Gasteiger partial charge on any atom is 0.0608 e. The molecular weight excluding hydrogens is 232 g/mol. The van der Waals surface area contributed by atoms with Crippen LogP contribution in [-0.4, -0.2) is 11.2 Å². The second kappa shape index (κ2) is 7.49. The van der Waals surface area contributed by atoms with E-state index in [0.717, 1.165) is 25.7 Å².